The molecule has 2 rings (SSSR count). The molecule has 0 radical (unpaired) electrons. The molecule has 0 aliphatic carbocycles. The van der Waals surface area contributed by atoms with Gasteiger partial charge in [-0.15, -0.1) is 0 Å². The first-order valence-corrected chi connectivity index (χ1v) is 7.72. The highest BCUT2D eigenvalue weighted by Crippen LogP contribution is 2.26. The van der Waals surface area contributed by atoms with E-state index < -0.39 is 0 Å². The summed E-state index contributed by atoms with van der Waals surface area (Å²) in [4.78, 5) is 12.8. The fraction of sp³-hybridized carbons (Fsp3) is 0.176. The van der Waals surface area contributed by atoms with E-state index in [1.54, 1.807) is 7.11 Å². The normalized spacial score (nSPS) is 10.2. The van der Waals surface area contributed by atoms with Crippen molar-refractivity contribution in [3.63, 3.8) is 0 Å². The lowest BCUT2D eigenvalue weighted by Crippen LogP contribution is -2.08. The molecule has 2 nitrogen and oxygen atoms in total. The number of halogens is 1. The van der Waals surface area contributed by atoms with Gasteiger partial charge in [0.1, 0.15) is 5.75 Å². The van der Waals surface area contributed by atoms with Gasteiger partial charge in [0.2, 0.25) is 0 Å². The lowest BCUT2D eigenvalue weighted by Gasteiger charge is -2.07. The third-order valence-corrected chi connectivity index (χ3v) is 3.98. The number of benzene rings is 2. The van der Waals surface area contributed by atoms with Gasteiger partial charge in [-0.3, -0.25) is 4.79 Å². The third kappa shape index (κ3) is 4.48. The highest BCUT2D eigenvalue weighted by atomic mass is 79.9. The van der Waals surface area contributed by atoms with E-state index in [1.807, 2.05) is 48.5 Å². The summed E-state index contributed by atoms with van der Waals surface area (Å²) in [6.45, 7) is 0. The van der Waals surface area contributed by atoms with Gasteiger partial charge in [-0.1, -0.05) is 48.6 Å². The summed E-state index contributed by atoms with van der Waals surface area (Å²) >= 11 is 8.80. The Labute approximate surface area is 138 Å². The molecule has 2 aromatic carbocycles. The molecule has 0 aromatic heterocycles. The van der Waals surface area contributed by atoms with Gasteiger partial charge in [0.15, 0.2) is 5.78 Å². The van der Waals surface area contributed by atoms with Crippen LogP contribution >= 0.6 is 28.1 Å². The Morgan fingerprint density at radius 2 is 1.90 bits per heavy atom. The predicted octanol–water partition coefficient (Wildman–Crippen LogP) is 4.64. The van der Waals surface area contributed by atoms with Crippen LogP contribution in [0.1, 0.15) is 22.3 Å². The van der Waals surface area contributed by atoms with E-state index in [4.69, 9.17) is 17.0 Å². The number of methoxy groups -OCH3 is 1. The van der Waals surface area contributed by atoms with E-state index >= 15 is 0 Å². The van der Waals surface area contributed by atoms with Crippen molar-refractivity contribution < 1.29 is 9.53 Å². The maximum atomic E-state index is 12.1. The van der Waals surface area contributed by atoms with E-state index in [-0.39, 0.29) is 5.78 Å². The smallest absolute Gasteiger partial charge is 0.167 e. The van der Waals surface area contributed by atoms with Gasteiger partial charge in [-0.25, -0.2) is 0 Å². The van der Waals surface area contributed by atoms with Crippen LogP contribution in [0.5, 0.6) is 5.75 Å². The van der Waals surface area contributed by atoms with Crippen LogP contribution < -0.4 is 4.74 Å². The molecule has 0 amide bonds. The number of carbonyl (C=O) groups is 1. The second kappa shape index (κ2) is 7.48. The number of hydrogen-bond acceptors (Lipinski definition) is 3. The molecule has 0 bridgehead atoms. The SMILES string of the molecule is COc1ccc(CC(=S)CC(=O)c2ccccc2)cc1Br. The van der Waals surface area contributed by atoms with E-state index in [0.717, 1.165) is 20.7 Å². The van der Waals surface area contributed by atoms with E-state index in [2.05, 4.69) is 15.9 Å². The Balaban J connectivity index is 1.99. The second-order valence-corrected chi connectivity index (χ2v) is 6.08. The predicted molar refractivity (Wildman–Crippen MR) is 92.4 cm³/mol. The number of Topliss-reactive ketones (excluding diaryl/α,β-unsaturated/α-hetero) is 1. The average molecular weight is 363 g/mol. The van der Waals surface area contributed by atoms with Gasteiger partial charge in [-0.2, -0.15) is 0 Å². The Morgan fingerprint density at radius 3 is 2.52 bits per heavy atom. The van der Waals surface area contributed by atoms with Gasteiger partial charge in [0.25, 0.3) is 0 Å². The minimum absolute atomic E-state index is 0.0631. The molecule has 4 heteroatoms. The van der Waals surface area contributed by atoms with Crippen molar-refractivity contribution in [1.82, 2.24) is 0 Å². The van der Waals surface area contributed by atoms with Gasteiger partial charge in [0.05, 0.1) is 11.6 Å². The molecule has 0 atom stereocenters. The Morgan fingerprint density at radius 1 is 1.19 bits per heavy atom. The summed E-state index contributed by atoms with van der Waals surface area (Å²) in [5.74, 6) is 0.846. The third-order valence-electron chi connectivity index (χ3n) is 3.07. The fourth-order valence-corrected chi connectivity index (χ4v) is 2.90. The van der Waals surface area contributed by atoms with Crippen LogP contribution in [0.4, 0.5) is 0 Å². The number of rotatable bonds is 6. The minimum Gasteiger partial charge on any atom is -0.496 e. The van der Waals surface area contributed by atoms with E-state index in [1.165, 1.54) is 0 Å². The largest absolute Gasteiger partial charge is 0.496 e. The summed E-state index contributed by atoms with van der Waals surface area (Å²) in [5.41, 5.74) is 1.77. The lowest BCUT2D eigenvalue weighted by atomic mass is 10.0. The van der Waals surface area contributed by atoms with Crippen molar-refractivity contribution >= 4 is 38.8 Å². The van der Waals surface area contributed by atoms with Crippen LogP contribution in [-0.4, -0.2) is 17.8 Å². The summed E-state index contributed by atoms with van der Waals surface area (Å²) < 4.78 is 6.08. The van der Waals surface area contributed by atoms with Crippen LogP contribution in [0.15, 0.2) is 53.0 Å². The van der Waals surface area contributed by atoms with Crippen molar-refractivity contribution in [2.24, 2.45) is 0 Å². The van der Waals surface area contributed by atoms with E-state index in [0.29, 0.717) is 18.4 Å². The zero-order valence-electron chi connectivity index (χ0n) is 11.6. The number of ether oxygens (including phenoxy) is 1. The van der Waals surface area contributed by atoms with Crippen molar-refractivity contribution in [3.8, 4) is 5.75 Å². The molecular formula is C17H15BrO2S. The maximum Gasteiger partial charge on any atom is 0.167 e. The molecule has 0 N–H and O–H groups in total. The molecular weight excluding hydrogens is 348 g/mol. The van der Waals surface area contributed by atoms with Crippen molar-refractivity contribution in [3.05, 3.63) is 64.1 Å². The van der Waals surface area contributed by atoms with Crippen molar-refractivity contribution in [2.45, 2.75) is 12.8 Å². The molecule has 0 aliphatic rings. The van der Waals surface area contributed by atoms with Crippen LogP contribution in [0.3, 0.4) is 0 Å². The van der Waals surface area contributed by atoms with Crippen molar-refractivity contribution in [1.29, 1.82) is 0 Å². The molecule has 0 spiro atoms. The van der Waals surface area contributed by atoms with Crippen LogP contribution in [0.25, 0.3) is 0 Å². The first-order valence-electron chi connectivity index (χ1n) is 6.52. The monoisotopic (exact) mass is 362 g/mol. The zero-order chi connectivity index (χ0) is 15.2. The number of carbonyl (C=O) groups excluding carboxylic acids is 1. The highest BCUT2D eigenvalue weighted by molar-refractivity contribution is 9.10. The first-order chi connectivity index (χ1) is 10.1. The molecule has 21 heavy (non-hydrogen) atoms. The second-order valence-electron chi connectivity index (χ2n) is 4.65. The zero-order valence-corrected chi connectivity index (χ0v) is 14.0. The summed E-state index contributed by atoms with van der Waals surface area (Å²) in [7, 11) is 1.63. The first kappa shape index (κ1) is 15.9. The van der Waals surface area contributed by atoms with Crippen LogP contribution in [0, 0.1) is 0 Å². The van der Waals surface area contributed by atoms with Gasteiger partial charge in [-0.05, 0) is 33.6 Å². The average Bonchev–Trinajstić information content (AvgIpc) is 2.48. The summed E-state index contributed by atoms with van der Waals surface area (Å²) in [6, 6.07) is 15.1. The fourth-order valence-electron chi connectivity index (χ4n) is 2.02. The van der Waals surface area contributed by atoms with Gasteiger partial charge in [0, 0.05) is 23.3 Å². The molecule has 0 unspecified atom stereocenters. The minimum atomic E-state index is 0.0631. The maximum absolute atomic E-state index is 12.1. The van der Waals surface area contributed by atoms with Crippen LogP contribution in [0.2, 0.25) is 0 Å². The standard InChI is InChI=1S/C17H15BrO2S/c1-20-17-8-7-12(10-15(17)18)9-14(21)11-16(19)13-5-3-2-4-6-13/h2-8,10H,9,11H2,1H3. The van der Waals surface area contributed by atoms with Crippen molar-refractivity contribution in [2.75, 3.05) is 7.11 Å². The van der Waals surface area contributed by atoms with E-state index in [9.17, 15) is 4.79 Å². The highest BCUT2D eigenvalue weighted by Gasteiger charge is 2.10. The quantitative estimate of drug-likeness (QED) is 0.552. The summed E-state index contributed by atoms with van der Waals surface area (Å²) in [5, 5.41) is 0. The Hall–Kier alpha value is -1.52. The Kier molecular flexibility index (Phi) is 5.65. The van der Waals surface area contributed by atoms with Gasteiger partial charge < -0.3 is 4.74 Å². The lowest BCUT2D eigenvalue weighted by molar-refractivity contribution is 0.100. The van der Waals surface area contributed by atoms with Gasteiger partial charge >= 0.3 is 0 Å². The molecule has 108 valence electrons. The topological polar surface area (TPSA) is 26.3 Å². The molecule has 0 aliphatic heterocycles. The molecule has 2 aromatic rings. The molecule has 0 heterocycles. The molecule has 0 saturated carbocycles. The number of ketones is 1. The molecule has 0 fully saturated rings. The molecule has 0 saturated heterocycles. The Bertz CT molecular complexity index is 653. The number of thiocarbonyl (C=S) groups is 1. The summed E-state index contributed by atoms with van der Waals surface area (Å²) in [6.07, 6.45) is 0.902. The van der Waals surface area contributed by atoms with Crippen LogP contribution in [-0.2, 0) is 6.42 Å². The number of hydrogen-bond donors (Lipinski definition) is 0.